The SMILES string of the molecule is N#CC(c1ccccc1C(F)(F)F)C(O)C1CC1. The lowest BCUT2D eigenvalue weighted by Crippen LogP contribution is -2.22. The van der Waals surface area contributed by atoms with Gasteiger partial charge in [-0.2, -0.15) is 18.4 Å². The van der Waals surface area contributed by atoms with Gasteiger partial charge in [-0.05, 0) is 30.4 Å². The molecule has 1 N–H and O–H groups in total. The summed E-state index contributed by atoms with van der Waals surface area (Å²) in [4.78, 5) is 0. The highest BCUT2D eigenvalue weighted by atomic mass is 19.4. The van der Waals surface area contributed by atoms with Crippen molar-refractivity contribution >= 4 is 0 Å². The van der Waals surface area contributed by atoms with Crippen LogP contribution in [0.3, 0.4) is 0 Å². The normalized spacial score (nSPS) is 19.1. The number of alkyl halides is 3. The lowest BCUT2D eigenvalue weighted by molar-refractivity contribution is -0.138. The van der Waals surface area contributed by atoms with E-state index in [-0.39, 0.29) is 11.5 Å². The maximum atomic E-state index is 12.8. The van der Waals surface area contributed by atoms with Gasteiger partial charge in [-0.1, -0.05) is 18.2 Å². The molecule has 0 amide bonds. The first kappa shape index (κ1) is 12.9. The van der Waals surface area contributed by atoms with Crippen molar-refractivity contribution in [3.05, 3.63) is 35.4 Å². The highest BCUT2D eigenvalue weighted by Gasteiger charge is 2.41. The van der Waals surface area contributed by atoms with Crippen LogP contribution in [0, 0.1) is 17.2 Å². The fourth-order valence-electron chi connectivity index (χ4n) is 2.07. The highest BCUT2D eigenvalue weighted by molar-refractivity contribution is 5.37. The summed E-state index contributed by atoms with van der Waals surface area (Å²) in [5.74, 6) is -1.16. The van der Waals surface area contributed by atoms with E-state index in [0.717, 1.165) is 18.9 Å². The Balaban J connectivity index is 2.39. The van der Waals surface area contributed by atoms with Crippen LogP contribution in [0.2, 0.25) is 0 Å². The summed E-state index contributed by atoms with van der Waals surface area (Å²) in [5, 5.41) is 18.9. The Morgan fingerprint density at radius 3 is 2.39 bits per heavy atom. The molecule has 0 heterocycles. The zero-order valence-electron chi connectivity index (χ0n) is 9.48. The molecule has 1 aliphatic carbocycles. The Morgan fingerprint density at radius 2 is 1.89 bits per heavy atom. The molecule has 0 bridgehead atoms. The number of benzene rings is 1. The van der Waals surface area contributed by atoms with Crippen LogP contribution < -0.4 is 0 Å². The van der Waals surface area contributed by atoms with E-state index in [0.29, 0.717) is 0 Å². The van der Waals surface area contributed by atoms with Gasteiger partial charge in [0.15, 0.2) is 0 Å². The van der Waals surface area contributed by atoms with Gasteiger partial charge in [0.05, 0.1) is 23.7 Å². The topological polar surface area (TPSA) is 44.0 Å². The number of aliphatic hydroxyl groups is 1. The molecule has 2 unspecified atom stereocenters. The number of hydrogen-bond acceptors (Lipinski definition) is 2. The van der Waals surface area contributed by atoms with Crippen LogP contribution in [0.15, 0.2) is 24.3 Å². The Hall–Kier alpha value is -1.54. The van der Waals surface area contributed by atoms with E-state index in [4.69, 9.17) is 5.26 Å². The van der Waals surface area contributed by atoms with Crippen molar-refractivity contribution in [3.63, 3.8) is 0 Å². The quantitative estimate of drug-likeness (QED) is 0.902. The van der Waals surface area contributed by atoms with E-state index >= 15 is 0 Å². The molecule has 1 fully saturated rings. The zero-order chi connectivity index (χ0) is 13.3. The van der Waals surface area contributed by atoms with Gasteiger partial charge in [0, 0.05) is 0 Å². The van der Waals surface area contributed by atoms with Crippen LogP contribution in [0.25, 0.3) is 0 Å². The van der Waals surface area contributed by atoms with Gasteiger partial charge >= 0.3 is 6.18 Å². The minimum Gasteiger partial charge on any atom is -0.391 e. The second-order valence-electron chi connectivity index (χ2n) is 4.52. The van der Waals surface area contributed by atoms with Crippen molar-refractivity contribution in [2.45, 2.75) is 31.0 Å². The molecule has 96 valence electrons. The van der Waals surface area contributed by atoms with E-state index in [9.17, 15) is 18.3 Å². The predicted molar refractivity (Wildman–Crippen MR) is 58.5 cm³/mol. The van der Waals surface area contributed by atoms with Crippen molar-refractivity contribution in [1.82, 2.24) is 0 Å². The number of nitrogens with zero attached hydrogens (tertiary/aromatic N) is 1. The first-order chi connectivity index (χ1) is 8.45. The average molecular weight is 255 g/mol. The lowest BCUT2D eigenvalue weighted by atomic mass is 9.88. The molecule has 1 aromatic carbocycles. The highest BCUT2D eigenvalue weighted by Crippen LogP contribution is 2.42. The lowest BCUT2D eigenvalue weighted by Gasteiger charge is -2.20. The summed E-state index contributed by atoms with van der Waals surface area (Å²) in [6.07, 6.45) is -3.98. The van der Waals surface area contributed by atoms with Crippen molar-refractivity contribution in [3.8, 4) is 6.07 Å². The van der Waals surface area contributed by atoms with E-state index < -0.39 is 23.8 Å². The van der Waals surface area contributed by atoms with Gasteiger partial charge in [0.1, 0.15) is 0 Å². The maximum absolute atomic E-state index is 12.8. The van der Waals surface area contributed by atoms with Gasteiger partial charge in [-0.3, -0.25) is 0 Å². The van der Waals surface area contributed by atoms with Crippen molar-refractivity contribution in [2.75, 3.05) is 0 Å². The van der Waals surface area contributed by atoms with Crippen LogP contribution in [0.5, 0.6) is 0 Å². The van der Waals surface area contributed by atoms with E-state index in [1.807, 2.05) is 0 Å². The summed E-state index contributed by atoms with van der Waals surface area (Å²) >= 11 is 0. The molecule has 1 aromatic rings. The molecular formula is C13H12F3NO. The third-order valence-electron chi connectivity index (χ3n) is 3.19. The molecule has 2 rings (SSSR count). The smallest absolute Gasteiger partial charge is 0.391 e. The maximum Gasteiger partial charge on any atom is 0.416 e. The average Bonchev–Trinajstić information content (AvgIpc) is 3.13. The Bertz CT molecular complexity index is 474. The summed E-state index contributed by atoms with van der Waals surface area (Å²) in [5.41, 5.74) is -0.969. The van der Waals surface area contributed by atoms with Gasteiger partial charge in [-0.25, -0.2) is 0 Å². The van der Waals surface area contributed by atoms with Crippen molar-refractivity contribution in [2.24, 2.45) is 5.92 Å². The molecule has 0 radical (unpaired) electrons. The standard InChI is InChI=1S/C13H12F3NO/c14-13(15,16)11-4-2-1-3-9(11)10(7-17)12(18)8-5-6-8/h1-4,8,10,12,18H,5-6H2. The van der Waals surface area contributed by atoms with Crippen LogP contribution in [-0.2, 0) is 6.18 Å². The molecule has 0 aromatic heterocycles. The van der Waals surface area contributed by atoms with Crippen molar-refractivity contribution in [1.29, 1.82) is 5.26 Å². The van der Waals surface area contributed by atoms with Gasteiger partial charge < -0.3 is 5.11 Å². The minimum atomic E-state index is -4.50. The van der Waals surface area contributed by atoms with Crippen LogP contribution in [-0.4, -0.2) is 11.2 Å². The Kier molecular flexibility index (Phi) is 3.31. The molecule has 2 atom stereocenters. The molecule has 0 aliphatic heterocycles. The molecule has 2 nitrogen and oxygen atoms in total. The third kappa shape index (κ3) is 2.49. The van der Waals surface area contributed by atoms with Gasteiger partial charge in [0.25, 0.3) is 0 Å². The number of nitriles is 1. The minimum absolute atomic E-state index is 0.0454. The number of rotatable bonds is 3. The monoisotopic (exact) mass is 255 g/mol. The molecular weight excluding hydrogens is 243 g/mol. The van der Waals surface area contributed by atoms with Crippen LogP contribution in [0.4, 0.5) is 13.2 Å². The van der Waals surface area contributed by atoms with Crippen LogP contribution in [0.1, 0.15) is 29.9 Å². The molecule has 5 heteroatoms. The van der Waals surface area contributed by atoms with E-state index in [1.54, 1.807) is 6.07 Å². The fourth-order valence-corrected chi connectivity index (χ4v) is 2.07. The third-order valence-corrected chi connectivity index (χ3v) is 3.19. The Labute approximate surface area is 103 Å². The fraction of sp³-hybridized carbons (Fsp3) is 0.462. The van der Waals surface area contributed by atoms with Crippen molar-refractivity contribution < 1.29 is 18.3 Å². The summed E-state index contributed by atoms with van der Waals surface area (Å²) in [7, 11) is 0. The number of hydrogen-bond donors (Lipinski definition) is 1. The van der Waals surface area contributed by atoms with E-state index in [1.165, 1.54) is 18.2 Å². The van der Waals surface area contributed by atoms with E-state index in [2.05, 4.69) is 0 Å². The van der Waals surface area contributed by atoms with Gasteiger partial charge in [-0.15, -0.1) is 0 Å². The summed E-state index contributed by atoms with van der Waals surface area (Å²) < 4.78 is 38.5. The molecule has 1 aliphatic rings. The first-order valence-electron chi connectivity index (χ1n) is 5.69. The molecule has 18 heavy (non-hydrogen) atoms. The first-order valence-corrected chi connectivity index (χ1v) is 5.69. The predicted octanol–water partition coefficient (Wildman–Crippen LogP) is 3.08. The Morgan fingerprint density at radius 1 is 1.28 bits per heavy atom. The van der Waals surface area contributed by atoms with Gasteiger partial charge in [0.2, 0.25) is 0 Å². The number of halogens is 3. The second kappa shape index (κ2) is 4.62. The molecule has 0 spiro atoms. The summed E-state index contributed by atoms with van der Waals surface area (Å²) in [6.45, 7) is 0. The number of aliphatic hydroxyl groups excluding tert-OH is 1. The molecule has 0 saturated heterocycles. The zero-order valence-corrected chi connectivity index (χ0v) is 9.48. The summed E-state index contributed by atoms with van der Waals surface area (Å²) in [6, 6.07) is 6.75. The molecule has 1 saturated carbocycles. The second-order valence-corrected chi connectivity index (χ2v) is 4.52. The largest absolute Gasteiger partial charge is 0.416 e. The van der Waals surface area contributed by atoms with Crippen LogP contribution >= 0.6 is 0 Å².